The van der Waals surface area contributed by atoms with Crippen LogP contribution in [0.1, 0.15) is 32.1 Å². The summed E-state index contributed by atoms with van der Waals surface area (Å²) < 4.78 is 5.59. The summed E-state index contributed by atoms with van der Waals surface area (Å²) in [6.07, 6.45) is 4.11. The SMILES string of the molecule is O=C(CCC(=O)N[C@H]1COC[C@@H]1N1CCCCC1)Nc1ccccc1. The van der Waals surface area contributed by atoms with E-state index in [0.717, 1.165) is 18.8 Å². The predicted molar refractivity (Wildman–Crippen MR) is 96.3 cm³/mol. The van der Waals surface area contributed by atoms with Crippen molar-refractivity contribution >= 4 is 17.5 Å². The third kappa shape index (κ3) is 5.28. The van der Waals surface area contributed by atoms with Gasteiger partial charge in [0.1, 0.15) is 0 Å². The van der Waals surface area contributed by atoms with E-state index in [-0.39, 0.29) is 36.7 Å². The van der Waals surface area contributed by atoms with Crippen molar-refractivity contribution in [2.45, 2.75) is 44.2 Å². The average molecular weight is 345 g/mol. The Hall–Kier alpha value is -1.92. The van der Waals surface area contributed by atoms with Crippen molar-refractivity contribution in [1.29, 1.82) is 0 Å². The molecule has 6 heteroatoms. The van der Waals surface area contributed by atoms with Crippen LogP contribution in [0.25, 0.3) is 0 Å². The Kier molecular flexibility index (Phi) is 6.42. The fraction of sp³-hybridized carbons (Fsp3) is 0.579. The molecule has 2 fully saturated rings. The molecular formula is C19H27N3O3. The molecule has 136 valence electrons. The molecule has 2 N–H and O–H groups in total. The third-order valence-corrected chi connectivity index (χ3v) is 4.89. The van der Waals surface area contributed by atoms with Crippen molar-refractivity contribution < 1.29 is 14.3 Å². The number of benzene rings is 1. The molecule has 0 saturated carbocycles. The van der Waals surface area contributed by atoms with Crippen LogP contribution < -0.4 is 10.6 Å². The van der Waals surface area contributed by atoms with Gasteiger partial charge in [-0.05, 0) is 38.1 Å². The molecule has 0 spiro atoms. The van der Waals surface area contributed by atoms with Gasteiger partial charge in [0, 0.05) is 18.5 Å². The number of carbonyl (C=O) groups is 2. The van der Waals surface area contributed by atoms with E-state index in [9.17, 15) is 9.59 Å². The van der Waals surface area contributed by atoms with Gasteiger partial charge in [-0.1, -0.05) is 24.6 Å². The first-order valence-electron chi connectivity index (χ1n) is 9.18. The minimum Gasteiger partial charge on any atom is -0.378 e. The molecule has 2 aliphatic rings. The van der Waals surface area contributed by atoms with Gasteiger partial charge in [-0.15, -0.1) is 0 Å². The van der Waals surface area contributed by atoms with Crippen LogP contribution in [-0.2, 0) is 14.3 Å². The standard InChI is InChI=1S/C19H27N3O3/c23-18(20-15-7-3-1-4-8-15)9-10-19(24)21-16-13-25-14-17(16)22-11-5-2-6-12-22/h1,3-4,7-8,16-17H,2,5-6,9-14H2,(H,20,23)(H,21,24)/t16-,17-/m0/s1. The molecule has 0 aromatic heterocycles. The number of para-hydroxylation sites is 1. The maximum atomic E-state index is 12.2. The maximum absolute atomic E-state index is 12.2. The highest BCUT2D eigenvalue weighted by Gasteiger charge is 2.34. The van der Waals surface area contributed by atoms with Crippen molar-refractivity contribution in [2.75, 3.05) is 31.6 Å². The molecule has 6 nitrogen and oxygen atoms in total. The molecule has 25 heavy (non-hydrogen) atoms. The summed E-state index contributed by atoms with van der Waals surface area (Å²) in [5.41, 5.74) is 0.752. The first-order chi connectivity index (χ1) is 12.2. The fourth-order valence-electron chi connectivity index (χ4n) is 3.54. The lowest BCUT2D eigenvalue weighted by Crippen LogP contribution is -2.52. The van der Waals surface area contributed by atoms with Gasteiger partial charge in [0.05, 0.1) is 25.3 Å². The zero-order valence-electron chi connectivity index (χ0n) is 14.6. The van der Waals surface area contributed by atoms with E-state index >= 15 is 0 Å². The van der Waals surface area contributed by atoms with Crippen molar-refractivity contribution in [1.82, 2.24) is 10.2 Å². The molecule has 3 rings (SSSR count). The van der Waals surface area contributed by atoms with Crippen molar-refractivity contribution in [3.8, 4) is 0 Å². The van der Waals surface area contributed by atoms with E-state index in [4.69, 9.17) is 4.74 Å². The number of hydrogen-bond donors (Lipinski definition) is 2. The van der Waals surface area contributed by atoms with E-state index in [1.54, 1.807) is 0 Å². The summed E-state index contributed by atoms with van der Waals surface area (Å²) in [7, 11) is 0. The van der Waals surface area contributed by atoms with Gasteiger partial charge in [0.15, 0.2) is 0 Å². The van der Waals surface area contributed by atoms with Crippen LogP contribution in [-0.4, -0.2) is 55.1 Å². The first-order valence-corrected chi connectivity index (χ1v) is 9.18. The Morgan fingerprint density at radius 1 is 1.00 bits per heavy atom. The van der Waals surface area contributed by atoms with Crippen molar-refractivity contribution in [3.63, 3.8) is 0 Å². The van der Waals surface area contributed by atoms with Crippen LogP contribution in [0.2, 0.25) is 0 Å². The number of piperidine rings is 1. The summed E-state index contributed by atoms with van der Waals surface area (Å²) in [6.45, 7) is 3.41. The molecule has 1 aromatic carbocycles. The van der Waals surface area contributed by atoms with Gasteiger partial charge in [0.2, 0.25) is 11.8 Å². The monoisotopic (exact) mass is 345 g/mol. The highest BCUT2D eigenvalue weighted by atomic mass is 16.5. The molecule has 2 atom stereocenters. The van der Waals surface area contributed by atoms with Crippen LogP contribution in [0.3, 0.4) is 0 Å². The van der Waals surface area contributed by atoms with Gasteiger partial charge in [0.25, 0.3) is 0 Å². The molecule has 2 amide bonds. The number of ether oxygens (including phenoxy) is 1. The summed E-state index contributed by atoms with van der Waals surface area (Å²) in [4.78, 5) is 26.6. The van der Waals surface area contributed by atoms with Crippen LogP contribution in [0, 0.1) is 0 Å². The fourth-order valence-corrected chi connectivity index (χ4v) is 3.54. The third-order valence-electron chi connectivity index (χ3n) is 4.89. The summed E-state index contributed by atoms with van der Waals surface area (Å²) in [5.74, 6) is -0.225. The Morgan fingerprint density at radius 3 is 2.48 bits per heavy atom. The smallest absolute Gasteiger partial charge is 0.224 e. The van der Waals surface area contributed by atoms with Crippen LogP contribution in [0.15, 0.2) is 30.3 Å². The number of likely N-dealkylation sites (tertiary alicyclic amines) is 1. The lowest BCUT2D eigenvalue weighted by Gasteiger charge is -2.34. The molecule has 0 unspecified atom stereocenters. The molecule has 1 aromatic rings. The summed E-state index contributed by atoms with van der Waals surface area (Å²) in [6, 6.07) is 9.58. The lowest BCUT2D eigenvalue weighted by atomic mass is 10.0. The lowest BCUT2D eigenvalue weighted by molar-refractivity contribution is -0.125. The first kappa shape index (κ1) is 17.9. The van der Waals surface area contributed by atoms with E-state index in [0.29, 0.717) is 13.2 Å². The topological polar surface area (TPSA) is 70.7 Å². The molecule has 2 heterocycles. The Balaban J connectivity index is 1.41. The van der Waals surface area contributed by atoms with E-state index in [1.807, 2.05) is 30.3 Å². The van der Waals surface area contributed by atoms with Gasteiger partial charge in [-0.2, -0.15) is 0 Å². The molecule has 2 aliphatic heterocycles. The largest absolute Gasteiger partial charge is 0.378 e. The van der Waals surface area contributed by atoms with Gasteiger partial charge in [-0.25, -0.2) is 0 Å². The van der Waals surface area contributed by atoms with Gasteiger partial charge < -0.3 is 15.4 Å². The van der Waals surface area contributed by atoms with Crippen LogP contribution in [0.5, 0.6) is 0 Å². The number of anilines is 1. The average Bonchev–Trinajstić information content (AvgIpc) is 3.10. The minimum atomic E-state index is -0.142. The highest BCUT2D eigenvalue weighted by molar-refractivity contribution is 5.93. The normalized spacial score (nSPS) is 24.0. The quantitative estimate of drug-likeness (QED) is 0.824. The summed E-state index contributed by atoms with van der Waals surface area (Å²) >= 11 is 0. The van der Waals surface area contributed by atoms with Crippen molar-refractivity contribution in [3.05, 3.63) is 30.3 Å². The Morgan fingerprint density at radius 2 is 1.72 bits per heavy atom. The molecule has 2 saturated heterocycles. The van der Waals surface area contributed by atoms with Crippen LogP contribution >= 0.6 is 0 Å². The zero-order valence-corrected chi connectivity index (χ0v) is 14.6. The number of carbonyl (C=O) groups excluding carboxylic acids is 2. The second kappa shape index (κ2) is 8.97. The van der Waals surface area contributed by atoms with Gasteiger partial charge in [-0.3, -0.25) is 14.5 Å². The van der Waals surface area contributed by atoms with Gasteiger partial charge >= 0.3 is 0 Å². The number of hydrogen-bond acceptors (Lipinski definition) is 4. The maximum Gasteiger partial charge on any atom is 0.224 e. The Bertz CT molecular complexity index is 573. The number of nitrogens with zero attached hydrogens (tertiary/aromatic N) is 1. The molecule has 0 bridgehead atoms. The molecule has 0 radical (unpaired) electrons. The van der Waals surface area contributed by atoms with Crippen LogP contribution in [0.4, 0.5) is 5.69 Å². The second-order valence-corrected chi connectivity index (χ2v) is 6.79. The molecule has 0 aliphatic carbocycles. The number of amides is 2. The van der Waals surface area contributed by atoms with E-state index in [1.165, 1.54) is 19.3 Å². The zero-order chi connectivity index (χ0) is 17.5. The van der Waals surface area contributed by atoms with Crippen molar-refractivity contribution in [2.24, 2.45) is 0 Å². The van der Waals surface area contributed by atoms with E-state index < -0.39 is 0 Å². The predicted octanol–water partition coefficient (Wildman–Crippen LogP) is 1.77. The number of rotatable bonds is 6. The highest BCUT2D eigenvalue weighted by Crippen LogP contribution is 2.19. The number of nitrogens with one attached hydrogen (secondary N) is 2. The summed E-state index contributed by atoms with van der Waals surface area (Å²) in [5, 5.41) is 5.86. The Labute approximate surface area is 148 Å². The second-order valence-electron chi connectivity index (χ2n) is 6.79. The van der Waals surface area contributed by atoms with E-state index in [2.05, 4.69) is 15.5 Å². The minimum absolute atomic E-state index is 0.0304. The molecular weight excluding hydrogens is 318 g/mol.